The van der Waals surface area contributed by atoms with E-state index in [-0.39, 0.29) is 23.2 Å². The first-order valence-electron chi connectivity index (χ1n) is 6.32. The maximum absolute atomic E-state index is 13.4. The van der Waals surface area contributed by atoms with Crippen LogP contribution in [-0.2, 0) is 14.8 Å². The van der Waals surface area contributed by atoms with Crippen LogP contribution in [-0.4, -0.2) is 39.0 Å². The molecule has 20 heavy (non-hydrogen) atoms. The summed E-state index contributed by atoms with van der Waals surface area (Å²) in [5.74, 6) is -0.616. The maximum Gasteiger partial charge on any atom is 0.243 e. The van der Waals surface area contributed by atoms with E-state index in [4.69, 9.17) is 10.5 Å². The van der Waals surface area contributed by atoms with Crippen molar-refractivity contribution in [3.05, 3.63) is 23.5 Å². The highest BCUT2D eigenvalue weighted by atomic mass is 32.2. The highest BCUT2D eigenvalue weighted by molar-refractivity contribution is 7.89. The van der Waals surface area contributed by atoms with Crippen molar-refractivity contribution in [1.29, 1.82) is 0 Å². The number of hydrogen-bond acceptors (Lipinski definition) is 4. The number of hydrogen-bond donors (Lipinski definition) is 1. The number of aryl methyl sites for hydroxylation is 1. The monoisotopic (exact) mass is 304 g/mol. The Morgan fingerprint density at radius 2 is 2.05 bits per heavy atom. The summed E-state index contributed by atoms with van der Waals surface area (Å²) in [6, 6.07) is 1.99. The van der Waals surface area contributed by atoms with E-state index in [0.717, 1.165) is 6.07 Å². The van der Waals surface area contributed by atoms with Gasteiger partial charge in [0.15, 0.2) is 0 Å². The Morgan fingerprint density at radius 3 is 2.55 bits per heavy atom. The molecule has 0 saturated carbocycles. The summed E-state index contributed by atoms with van der Waals surface area (Å²) in [5.41, 5.74) is 5.64. The minimum atomic E-state index is -3.74. The number of nitrogens with zero attached hydrogens (tertiary/aromatic N) is 1. The number of methoxy groups -OCH3 is 1. The lowest BCUT2D eigenvalue weighted by molar-refractivity contribution is 0.142. The molecule has 0 aliphatic carbocycles. The van der Waals surface area contributed by atoms with Gasteiger partial charge in [-0.05, 0) is 31.5 Å². The summed E-state index contributed by atoms with van der Waals surface area (Å²) in [6.45, 7) is 5.62. The molecule has 1 aromatic carbocycles. The molecule has 0 spiro atoms. The van der Waals surface area contributed by atoms with Crippen molar-refractivity contribution in [3.63, 3.8) is 0 Å². The van der Waals surface area contributed by atoms with Crippen molar-refractivity contribution in [3.8, 4) is 0 Å². The number of anilines is 1. The molecule has 0 heterocycles. The van der Waals surface area contributed by atoms with Crippen molar-refractivity contribution in [2.75, 3.05) is 26.0 Å². The van der Waals surface area contributed by atoms with Gasteiger partial charge >= 0.3 is 0 Å². The summed E-state index contributed by atoms with van der Waals surface area (Å²) in [6.07, 6.45) is 0. The number of likely N-dealkylation sites (N-methyl/N-ethyl adjacent to an activating group) is 1. The summed E-state index contributed by atoms with van der Waals surface area (Å²) in [4.78, 5) is 0.0289. The van der Waals surface area contributed by atoms with Crippen molar-refractivity contribution < 1.29 is 17.5 Å². The molecule has 0 fully saturated rings. The average molecular weight is 304 g/mol. The van der Waals surface area contributed by atoms with E-state index < -0.39 is 15.8 Å². The van der Waals surface area contributed by atoms with Crippen LogP contribution >= 0.6 is 0 Å². The highest BCUT2D eigenvalue weighted by Gasteiger charge is 2.29. The lowest BCUT2D eigenvalue weighted by Gasteiger charge is -2.27. The van der Waals surface area contributed by atoms with E-state index in [1.54, 1.807) is 20.8 Å². The summed E-state index contributed by atoms with van der Waals surface area (Å²) in [7, 11) is -2.22. The summed E-state index contributed by atoms with van der Waals surface area (Å²) >= 11 is 0. The Balaban J connectivity index is 3.31. The third kappa shape index (κ3) is 3.28. The standard InChI is InChI=1S/C13H21FN2O3S/c1-5-16(10(3)8-19-4)20(17,18)13-7-12(15)11(14)6-9(13)2/h6-7,10H,5,8,15H2,1-4H3. The van der Waals surface area contributed by atoms with Gasteiger partial charge in [0.05, 0.1) is 17.2 Å². The van der Waals surface area contributed by atoms with Crippen LogP contribution in [0.1, 0.15) is 19.4 Å². The van der Waals surface area contributed by atoms with E-state index in [2.05, 4.69) is 0 Å². The summed E-state index contributed by atoms with van der Waals surface area (Å²) < 4.78 is 45.0. The van der Waals surface area contributed by atoms with Gasteiger partial charge in [-0.3, -0.25) is 0 Å². The van der Waals surface area contributed by atoms with Crippen LogP contribution in [0.5, 0.6) is 0 Å². The number of sulfonamides is 1. The highest BCUT2D eigenvalue weighted by Crippen LogP contribution is 2.25. The van der Waals surface area contributed by atoms with Crippen molar-refractivity contribution in [2.45, 2.75) is 31.7 Å². The second-order valence-electron chi connectivity index (χ2n) is 4.65. The molecule has 1 unspecified atom stereocenters. The van der Waals surface area contributed by atoms with Crippen LogP contribution in [0.15, 0.2) is 17.0 Å². The molecule has 114 valence electrons. The third-order valence-corrected chi connectivity index (χ3v) is 5.32. The minimum Gasteiger partial charge on any atom is -0.396 e. The zero-order valence-electron chi connectivity index (χ0n) is 12.2. The van der Waals surface area contributed by atoms with E-state index in [9.17, 15) is 12.8 Å². The van der Waals surface area contributed by atoms with E-state index in [0.29, 0.717) is 12.1 Å². The smallest absolute Gasteiger partial charge is 0.243 e. The molecule has 0 amide bonds. The number of nitrogen functional groups attached to an aromatic ring is 1. The van der Waals surface area contributed by atoms with Crippen LogP contribution in [0.3, 0.4) is 0 Å². The van der Waals surface area contributed by atoms with Crippen LogP contribution in [0.4, 0.5) is 10.1 Å². The Labute approximate surface area is 119 Å². The number of rotatable bonds is 6. The first-order valence-corrected chi connectivity index (χ1v) is 7.76. The fraction of sp³-hybridized carbons (Fsp3) is 0.538. The van der Waals surface area contributed by atoms with Gasteiger partial charge in [0, 0.05) is 19.7 Å². The van der Waals surface area contributed by atoms with Gasteiger partial charge < -0.3 is 10.5 Å². The number of nitrogens with two attached hydrogens (primary N) is 1. The van der Waals surface area contributed by atoms with Crippen LogP contribution in [0.2, 0.25) is 0 Å². The number of halogens is 1. The molecule has 0 aliphatic rings. The zero-order valence-corrected chi connectivity index (χ0v) is 13.0. The van der Waals surface area contributed by atoms with Crippen molar-refractivity contribution in [2.24, 2.45) is 0 Å². The van der Waals surface area contributed by atoms with Gasteiger partial charge in [0.2, 0.25) is 10.0 Å². The molecule has 5 nitrogen and oxygen atoms in total. The third-order valence-electron chi connectivity index (χ3n) is 3.09. The van der Waals surface area contributed by atoms with E-state index in [1.165, 1.54) is 17.5 Å². The predicted octanol–water partition coefficient (Wildman–Crippen LogP) is 1.76. The molecular weight excluding hydrogens is 283 g/mol. The minimum absolute atomic E-state index is 0.0289. The Hall–Kier alpha value is -1.18. The second-order valence-corrected chi connectivity index (χ2v) is 6.51. The summed E-state index contributed by atoms with van der Waals surface area (Å²) in [5, 5.41) is 0. The molecule has 0 aromatic heterocycles. The lowest BCUT2D eigenvalue weighted by atomic mass is 10.2. The fourth-order valence-electron chi connectivity index (χ4n) is 2.12. The van der Waals surface area contributed by atoms with Crippen molar-refractivity contribution >= 4 is 15.7 Å². The molecule has 7 heteroatoms. The molecule has 1 atom stereocenters. The molecule has 2 N–H and O–H groups in total. The van der Waals surface area contributed by atoms with Crippen LogP contribution < -0.4 is 5.73 Å². The molecule has 0 aliphatic heterocycles. The van der Waals surface area contributed by atoms with Gasteiger partial charge in [-0.15, -0.1) is 0 Å². The van der Waals surface area contributed by atoms with Gasteiger partial charge in [-0.1, -0.05) is 6.92 Å². The Morgan fingerprint density at radius 1 is 1.45 bits per heavy atom. The topological polar surface area (TPSA) is 72.6 Å². The quantitative estimate of drug-likeness (QED) is 0.813. The molecular formula is C13H21FN2O3S. The van der Waals surface area contributed by atoms with Gasteiger partial charge in [0.25, 0.3) is 0 Å². The van der Waals surface area contributed by atoms with Crippen LogP contribution in [0.25, 0.3) is 0 Å². The predicted molar refractivity (Wildman–Crippen MR) is 76.5 cm³/mol. The first kappa shape index (κ1) is 16.9. The number of benzene rings is 1. The molecule has 1 aromatic rings. The molecule has 0 bridgehead atoms. The molecule has 0 radical (unpaired) electrons. The Bertz CT molecular complexity index is 575. The zero-order chi connectivity index (χ0) is 15.5. The van der Waals surface area contributed by atoms with Gasteiger partial charge in [-0.2, -0.15) is 4.31 Å². The average Bonchev–Trinajstić information content (AvgIpc) is 2.34. The second kappa shape index (κ2) is 6.51. The lowest BCUT2D eigenvalue weighted by Crippen LogP contribution is -2.41. The van der Waals surface area contributed by atoms with E-state index >= 15 is 0 Å². The van der Waals surface area contributed by atoms with Gasteiger partial charge in [-0.25, -0.2) is 12.8 Å². The largest absolute Gasteiger partial charge is 0.396 e. The van der Waals surface area contributed by atoms with Crippen LogP contribution in [0, 0.1) is 12.7 Å². The normalized spacial score (nSPS) is 13.7. The Kier molecular flexibility index (Phi) is 5.50. The van der Waals surface area contributed by atoms with Crippen molar-refractivity contribution in [1.82, 2.24) is 4.31 Å². The maximum atomic E-state index is 13.4. The SMILES string of the molecule is CCN(C(C)COC)S(=O)(=O)c1cc(N)c(F)cc1C. The van der Waals surface area contributed by atoms with Gasteiger partial charge in [0.1, 0.15) is 5.82 Å². The van der Waals surface area contributed by atoms with E-state index in [1.807, 2.05) is 0 Å². The molecule has 0 saturated heterocycles. The number of ether oxygens (including phenoxy) is 1. The first-order chi connectivity index (χ1) is 9.25. The fourth-order valence-corrected chi connectivity index (χ4v) is 3.98. The molecule has 1 rings (SSSR count).